The Morgan fingerprint density at radius 3 is 2.79 bits per heavy atom. The fourth-order valence-corrected chi connectivity index (χ4v) is 2.34. The van der Waals surface area contributed by atoms with E-state index in [9.17, 15) is 0 Å². The van der Waals surface area contributed by atoms with Crippen LogP contribution < -0.4 is 5.32 Å². The minimum atomic E-state index is 0.351. The Morgan fingerprint density at radius 1 is 1.37 bits per heavy atom. The molecule has 1 atom stereocenters. The molecule has 0 heterocycles. The number of rotatable bonds is 9. The van der Waals surface area contributed by atoms with Gasteiger partial charge in [-0.1, -0.05) is 23.7 Å². The summed E-state index contributed by atoms with van der Waals surface area (Å²) in [7, 11) is 5.90. The van der Waals surface area contributed by atoms with E-state index in [0.29, 0.717) is 6.04 Å². The molecule has 0 amide bonds. The Bertz CT molecular complexity index is 360. The summed E-state index contributed by atoms with van der Waals surface area (Å²) < 4.78 is 5.07. The summed E-state index contributed by atoms with van der Waals surface area (Å²) in [6, 6.07) is 8.42. The number of methoxy groups -OCH3 is 1. The fourth-order valence-electron chi connectivity index (χ4n) is 2.14. The number of benzene rings is 1. The number of ether oxygens (including phenoxy) is 1. The van der Waals surface area contributed by atoms with Crippen LogP contribution in [0.3, 0.4) is 0 Å². The normalized spacial score (nSPS) is 12.9. The molecule has 0 aliphatic rings. The van der Waals surface area contributed by atoms with Crippen LogP contribution in [0, 0.1) is 0 Å². The van der Waals surface area contributed by atoms with E-state index >= 15 is 0 Å². The van der Waals surface area contributed by atoms with E-state index in [4.69, 9.17) is 16.3 Å². The highest BCUT2D eigenvalue weighted by Gasteiger charge is 2.10. The first-order chi connectivity index (χ1) is 9.17. The zero-order valence-corrected chi connectivity index (χ0v) is 12.9. The molecule has 19 heavy (non-hydrogen) atoms. The molecule has 0 saturated carbocycles. The lowest BCUT2D eigenvalue weighted by atomic mass is 10.0. The molecule has 3 nitrogen and oxygen atoms in total. The highest BCUT2D eigenvalue weighted by Crippen LogP contribution is 2.20. The van der Waals surface area contributed by atoms with Crippen LogP contribution in [-0.2, 0) is 4.74 Å². The molecular formula is C15H25ClN2O. The van der Waals surface area contributed by atoms with Crippen molar-refractivity contribution in [3.8, 4) is 0 Å². The summed E-state index contributed by atoms with van der Waals surface area (Å²) >= 11 is 6.04. The lowest BCUT2D eigenvalue weighted by molar-refractivity contribution is 0.178. The van der Waals surface area contributed by atoms with E-state index in [1.165, 1.54) is 5.56 Å². The fraction of sp³-hybridized carbons (Fsp3) is 0.600. The van der Waals surface area contributed by atoms with Crippen molar-refractivity contribution < 1.29 is 4.74 Å². The molecule has 0 fully saturated rings. The molecule has 1 aromatic carbocycles. The van der Waals surface area contributed by atoms with Crippen molar-refractivity contribution in [3.63, 3.8) is 0 Å². The van der Waals surface area contributed by atoms with Crippen molar-refractivity contribution in [1.82, 2.24) is 10.2 Å². The van der Waals surface area contributed by atoms with E-state index in [-0.39, 0.29) is 0 Å². The molecule has 0 aromatic heterocycles. The second-order valence-electron chi connectivity index (χ2n) is 4.83. The standard InChI is InChI=1S/C15H25ClN2O/c1-17-15(13-6-4-7-14(16)12-13)8-10-18(2)9-5-11-19-3/h4,6-7,12,15,17H,5,8-11H2,1-3H3. The average molecular weight is 285 g/mol. The van der Waals surface area contributed by atoms with E-state index in [1.54, 1.807) is 7.11 Å². The van der Waals surface area contributed by atoms with Gasteiger partial charge in [0.15, 0.2) is 0 Å². The molecule has 4 heteroatoms. The van der Waals surface area contributed by atoms with Gasteiger partial charge in [0.05, 0.1) is 0 Å². The lowest BCUT2D eigenvalue weighted by Gasteiger charge is -2.22. The third kappa shape index (κ3) is 6.39. The largest absolute Gasteiger partial charge is 0.385 e. The Hall–Kier alpha value is -0.610. The minimum Gasteiger partial charge on any atom is -0.385 e. The van der Waals surface area contributed by atoms with E-state index in [1.807, 2.05) is 25.2 Å². The van der Waals surface area contributed by atoms with E-state index in [0.717, 1.165) is 37.6 Å². The van der Waals surface area contributed by atoms with Crippen molar-refractivity contribution in [1.29, 1.82) is 0 Å². The molecule has 0 radical (unpaired) electrons. The molecule has 108 valence electrons. The second kappa shape index (κ2) is 9.32. The van der Waals surface area contributed by atoms with Gasteiger partial charge in [0, 0.05) is 31.3 Å². The first-order valence-corrected chi connectivity index (χ1v) is 7.15. The van der Waals surface area contributed by atoms with Crippen LogP contribution in [0.2, 0.25) is 5.02 Å². The van der Waals surface area contributed by atoms with Crippen molar-refractivity contribution in [2.24, 2.45) is 0 Å². The van der Waals surface area contributed by atoms with Gasteiger partial charge in [-0.05, 0) is 51.2 Å². The van der Waals surface area contributed by atoms with Crippen LogP contribution in [0.1, 0.15) is 24.4 Å². The molecule has 1 rings (SSSR count). The maximum atomic E-state index is 6.04. The summed E-state index contributed by atoms with van der Waals surface area (Å²) in [5.74, 6) is 0. The van der Waals surface area contributed by atoms with Gasteiger partial charge in [0.1, 0.15) is 0 Å². The van der Waals surface area contributed by atoms with Crippen LogP contribution in [0.5, 0.6) is 0 Å². The maximum Gasteiger partial charge on any atom is 0.0474 e. The zero-order valence-electron chi connectivity index (χ0n) is 12.2. The third-order valence-corrected chi connectivity index (χ3v) is 3.52. The van der Waals surface area contributed by atoms with E-state index < -0.39 is 0 Å². The Kier molecular flexibility index (Phi) is 8.07. The smallest absolute Gasteiger partial charge is 0.0474 e. The predicted molar refractivity (Wildman–Crippen MR) is 81.9 cm³/mol. The predicted octanol–water partition coefficient (Wildman–Crippen LogP) is 2.96. The van der Waals surface area contributed by atoms with Crippen molar-refractivity contribution in [2.75, 3.05) is 40.9 Å². The summed E-state index contributed by atoms with van der Waals surface area (Å²) in [5.41, 5.74) is 1.25. The topological polar surface area (TPSA) is 24.5 Å². The molecule has 1 unspecified atom stereocenters. The van der Waals surface area contributed by atoms with Crippen molar-refractivity contribution in [3.05, 3.63) is 34.9 Å². The number of halogens is 1. The number of nitrogens with one attached hydrogen (secondary N) is 1. The minimum absolute atomic E-state index is 0.351. The molecule has 0 aliphatic carbocycles. The number of hydrogen-bond acceptors (Lipinski definition) is 3. The van der Waals surface area contributed by atoms with Crippen LogP contribution in [0.4, 0.5) is 0 Å². The quantitative estimate of drug-likeness (QED) is 0.706. The summed E-state index contributed by atoms with van der Waals surface area (Å²) in [5, 5.41) is 4.16. The van der Waals surface area contributed by atoms with Gasteiger partial charge in [-0.3, -0.25) is 0 Å². The van der Waals surface area contributed by atoms with Gasteiger partial charge in [0.2, 0.25) is 0 Å². The molecule has 0 aliphatic heterocycles. The van der Waals surface area contributed by atoms with Crippen molar-refractivity contribution >= 4 is 11.6 Å². The lowest BCUT2D eigenvalue weighted by Crippen LogP contribution is -2.26. The highest BCUT2D eigenvalue weighted by atomic mass is 35.5. The van der Waals surface area contributed by atoms with Gasteiger partial charge in [-0.25, -0.2) is 0 Å². The molecule has 1 aromatic rings. The first kappa shape index (κ1) is 16.4. The number of nitrogens with zero attached hydrogens (tertiary/aromatic N) is 1. The first-order valence-electron chi connectivity index (χ1n) is 6.77. The molecule has 0 saturated heterocycles. The van der Waals surface area contributed by atoms with Crippen LogP contribution >= 0.6 is 11.6 Å². The third-order valence-electron chi connectivity index (χ3n) is 3.29. The van der Waals surface area contributed by atoms with Gasteiger partial charge < -0.3 is 15.0 Å². The highest BCUT2D eigenvalue weighted by molar-refractivity contribution is 6.30. The molecule has 0 spiro atoms. The molecule has 0 bridgehead atoms. The Balaban J connectivity index is 2.40. The van der Waals surface area contributed by atoms with Crippen molar-refractivity contribution in [2.45, 2.75) is 18.9 Å². The average Bonchev–Trinajstić information content (AvgIpc) is 2.40. The maximum absolute atomic E-state index is 6.04. The summed E-state index contributed by atoms with van der Waals surface area (Å²) in [6.45, 7) is 2.95. The second-order valence-corrected chi connectivity index (χ2v) is 5.27. The summed E-state index contributed by atoms with van der Waals surface area (Å²) in [4.78, 5) is 2.34. The van der Waals surface area contributed by atoms with Crippen LogP contribution in [0.25, 0.3) is 0 Å². The molecule has 1 N–H and O–H groups in total. The van der Waals surface area contributed by atoms with Gasteiger partial charge in [-0.15, -0.1) is 0 Å². The SMILES string of the molecule is CNC(CCN(C)CCCOC)c1cccc(Cl)c1. The van der Waals surface area contributed by atoms with Gasteiger partial charge in [0.25, 0.3) is 0 Å². The summed E-state index contributed by atoms with van der Waals surface area (Å²) in [6.07, 6.45) is 2.15. The van der Waals surface area contributed by atoms with Gasteiger partial charge in [-0.2, -0.15) is 0 Å². The van der Waals surface area contributed by atoms with E-state index in [2.05, 4.69) is 23.3 Å². The number of hydrogen-bond donors (Lipinski definition) is 1. The Morgan fingerprint density at radius 2 is 2.16 bits per heavy atom. The zero-order chi connectivity index (χ0) is 14.1. The van der Waals surface area contributed by atoms with Crippen LogP contribution in [0.15, 0.2) is 24.3 Å². The molecular weight excluding hydrogens is 260 g/mol. The van der Waals surface area contributed by atoms with Gasteiger partial charge >= 0.3 is 0 Å². The van der Waals surface area contributed by atoms with Crippen LogP contribution in [-0.4, -0.2) is 45.8 Å². The monoisotopic (exact) mass is 284 g/mol. The Labute approximate surface area is 121 Å².